The average molecular weight is 279 g/mol. The highest BCUT2D eigenvalue weighted by Gasteiger charge is 2.15. The van der Waals surface area contributed by atoms with Gasteiger partial charge in [0.05, 0.1) is 20.3 Å². The monoisotopic (exact) mass is 279 g/mol. The third-order valence-corrected chi connectivity index (χ3v) is 3.24. The van der Waals surface area contributed by atoms with Crippen molar-refractivity contribution in [1.82, 2.24) is 15.2 Å². The molecule has 6 nitrogen and oxygen atoms in total. The van der Waals surface area contributed by atoms with Crippen molar-refractivity contribution in [3.8, 4) is 5.88 Å². The predicted octanol–water partition coefficient (Wildman–Crippen LogP) is 0.429. The van der Waals surface area contributed by atoms with Crippen LogP contribution in [0.2, 0.25) is 0 Å². The van der Waals surface area contributed by atoms with Crippen LogP contribution in [0.1, 0.15) is 12.0 Å². The molecule has 0 unspecified atom stereocenters. The van der Waals surface area contributed by atoms with E-state index in [-0.39, 0.29) is 5.91 Å². The van der Waals surface area contributed by atoms with Gasteiger partial charge < -0.3 is 19.7 Å². The Morgan fingerprint density at radius 1 is 1.50 bits per heavy atom. The van der Waals surface area contributed by atoms with Crippen LogP contribution in [0.25, 0.3) is 0 Å². The van der Waals surface area contributed by atoms with Crippen LogP contribution in [0.4, 0.5) is 0 Å². The highest BCUT2D eigenvalue weighted by Crippen LogP contribution is 2.12. The molecule has 20 heavy (non-hydrogen) atoms. The van der Waals surface area contributed by atoms with E-state index in [0.717, 1.165) is 5.56 Å². The van der Waals surface area contributed by atoms with Gasteiger partial charge in [-0.05, 0) is 6.07 Å². The van der Waals surface area contributed by atoms with Gasteiger partial charge in [-0.1, -0.05) is 6.07 Å². The van der Waals surface area contributed by atoms with Crippen molar-refractivity contribution in [2.24, 2.45) is 0 Å². The van der Waals surface area contributed by atoms with Crippen molar-refractivity contribution >= 4 is 5.91 Å². The summed E-state index contributed by atoms with van der Waals surface area (Å²) in [5.74, 6) is 0.804. The number of ether oxygens (including phenoxy) is 2. The Morgan fingerprint density at radius 2 is 2.30 bits per heavy atom. The van der Waals surface area contributed by atoms with Gasteiger partial charge in [-0.25, -0.2) is 4.98 Å². The van der Waals surface area contributed by atoms with Crippen molar-refractivity contribution in [3.05, 3.63) is 23.9 Å². The molecule has 1 aromatic rings. The molecule has 1 fully saturated rings. The van der Waals surface area contributed by atoms with E-state index in [1.54, 1.807) is 13.3 Å². The second kappa shape index (κ2) is 7.81. The van der Waals surface area contributed by atoms with Gasteiger partial charge in [0.2, 0.25) is 11.8 Å². The second-order valence-corrected chi connectivity index (χ2v) is 4.59. The van der Waals surface area contributed by atoms with Gasteiger partial charge in [0.15, 0.2) is 0 Å². The first-order valence-electron chi connectivity index (χ1n) is 6.85. The average Bonchev–Trinajstić information content (AvgIpc) is 2.52. The first kappa shape index (κ1) is 14.7. The van der Waals surface area contributed by atoms with Crippen LogP contribution >= 0.6 is 0 Å². The Bertz CT molecular complexity index is 433. The summed E-state index contributed by atoms with van der Waals surface area (Å²) in [7, 11) is 1.60. The van der Waals surface area contributed by atoms with Gasteiger partial charge in [-0.3, -0.25) is 4.79 Å². The molecule has 1 N–H and O–H groups in total. The van der Waals surface area contributed by atoms with Crippen LogP contribution in [0.3, 0.4) is 0 Å². The number of rotatable bonds is 6. The number of nitrogens with zero attached hydrogens (tertiary/aromatic N) is 2. The molecular weight excluding hydrogens is 258 g/mol. The molecule has 1 amide bonds. The minimum atomic E-state index is 0.180. The molecule has 1 aliphatic heterocycles. The molecule has 0 radical (unpaired) electrons. The Kier molecular flexibility index (Phi) is 5.76. The molecule has 0 aromatic carbocycles. The number of nitrogens with one attached hydrogen (secondary N) is 1. The molecule has 6 heteroatoms. The lowest BCUT2D eigenvalue weighted by Gasteiger charge is -2.26. The molecule has 2 heterocycles. The topological polar surface area (TPSA) is 63.7 Å². The van der Waals surface area contributed by atoms with Crippen molar-refractivity contribution in [3.63, 3.8) is 0 Å². The zero-order chi connectivity index (χ0) is 14.2. The summed E-state index contributed by atoms with van der Waals surface area (Å²) in [6.07, 6.45) is 2.20. The smallest absolute Gasteiger partial charge is 0.224 e. The third-order valence-electron chi connectivity index (χ3n) is 3.24. The van der Waals surface area contributed by atoms with E-state index in [2.05, 4.69) is 10.3 Å². The largest absolute Gasteiger partial charge is 0.481 e. The van der Waals surface area contributed by atoms with E-state index < -0.39 is 0 Å². The van der Waals surface area contributed by atoms with Crippen LogP contribution in [-0.2, 0) is 16.1 Å². The number of carbonyl (C=O) groups excluding carboxylic acids is 1. The zero-order valence-electron chi connectivity index (χ0n) is 11.8. The van der Waals surface area contributed by atoms with E-state index in [0.29, 0.717) is 51.7 Å². The third kappa shape index (κ3) is 4.18. The number of hydrogen-bond acceptors (Lipinski definition) is 5. The fourth-order valence-electron chi connectivity index (χ4n) is 2.13. The maximum absolute atomic E-state index is 11.9. The Morgan fingerprint density at radius 3 is 3.05 bits per heavy atom. The number of amides is 1. The number of carbonyl (C=O) groups is 1. The molecular formula is C14H21N3O3. The van der Waals surface area contributed by atoms with Gasteiger partial charge in [0.1, 0.15) is 0 Å². The summed E-state index contributed by atoms with van der Waals surface area (Å²) in [6.45, 7) is 3.99. The SMILES string of the molecule is COc1ncccc1CNCCC(=O)N1CCOCC1. The lowest BCUT2D eigenvalue weighted by Crippen LogP contribution is -2.41. The van der Waals surface area contributed by atoms with Gasteiger partial charge in [-0.15, -0.1) is 0 Å². The number of pyridine rings is 1. The number of hydrogen-bond donors (Lipinski definition) is 1. The summed E-state index contributed by atoms with van der Waals surface area (Å²) in [6, 6.07) is 3.83. The molecule has 0 saturated carbocycles. The van der Waals surface area contributed by atoms with E-state index in [1.165, 1.54) is 0 Å². The number of methoxy groups -OCH3 is 1. The first-order chi connectivity index (χ1) is 9.81. The quantitative estimate of drug-likeness (QED) is 0.765. The minimum absolute atomic E-state index is 0.180. The summed E-state index contributed by atoms with van der Waals surface area (Å²) in [5.41, 5.74) is 0.994. The van der Waals surface area contributed by atoms with Crippen molar-refractivity contribution in [2.75, 3.05) is 40.0 Å². The summed E-state index contributed by atoms with van der Waals surface area (Å²) in [5, 5.41) is 3.25. The van der Waals surface area contributed by atoms with Crippen LogP contribution in [-0.4, -0.2) is 55.7 Å². The van der Waals surface area contributed by atoms with Gasteiger partial charge in [-0.2, -0.15) is 0 Å². The summed E-state index contributed by atoms with van der Waals surface area (Å²) in [4.78, 5) is 17.9. The molecule has 1 aromatic heterocycles. The van der Waals surface area contributed by atoms with Crippen molar-refractivity contribution in [2.45, 2.75) is 13.0 Å². The van der Waals surface area contributed by atoms with Gasteiger partial charge in [0.25, 0.3) is 0 Å². The van der Waals surface area contributed by atoms with E-state index in [4.69, 9.17) is 9.47 Å². The highest BCUT2D eigenvalue weighted by atomic mass is 16.5. The molecule has 1 aliphatic rings. The Hall–Kier alpha value is -1.66. The van der Waals surface area contributed by atoms with Crippen LogP contribution < -0.4 is 10.1 Å². The maximum Gasteiger partial charge on any atom is 0.224 e. The Balaban J connectivity index is 1.69. The lowest BCUT2D eigenvalue weighted by atomic mass is 10.2. The normalized spacial score (nSPS) is 15.2. The standard InChI is InChI=1S/C14H21N3O3/c1-19-14-12(3-2-5-16-14)11-15-6-4-13(18)17-7-9-20-10-8-17/h2-3,5,15H,4,6-11H2,1H3. The molecule has 2 rings (SSSR count). The molecule has 0 atom stereocenters. The Labute approximate surface area is 119 Å². The number of morpholine rings is 1. The molecule has 1 saturated heterocycles. The van der Waals surface area contributed by atoms with Crippen molar-refractivity contribution < 1.29 is 14.3 Å². The molecule has 110 valence electrons. The molecule has 0 aliphatic carbocycles. The fourth-order valence-corrected chi connectivity index (χ4v) is 2.13. The summed E-state index contributed by atoms with van der Waals surface area (Å²) < 4.78 is 10.4. The number of aromatic nitrogens is 1. The van der Waals surface area contributed by atoms with E-state index >= 15 is 0 Å². The van der Waals surface area contributed by atoms with E-state index in [9.17, 15) is 4.79 Å². The van der Waals surface area contributed by atoms with Crippen LogP contribution in [0.15, 0.2) is 18.3 Å². The second-order valence-electron chi connectivity index (χ2n) is 4.59. The summed E-state index contributed by atoms with van der Waals surface area (Å²) >= 11 is 0. The molecule has 0 spiro atoms. The maximum atomic E-state index is 11.9. The molecule has 0 bridgehead atoms. The lowest BCUT2D eigenvalue weighted by molar-refractivity contribution is -0.135. The fraction of sp³-hybridized carbons (Fsp3) is 0.571. The van der Waals surface area contributed by atoms with E-state index in [1.807, 2.05) is 17.0 Å². The van der Waals surface area contributed by atoms with Crippen molar-refractivity contribution in [1.29, 1.82) is 0 Å². The zero-order valence-corrected chi connectivity index (χ0v) is 11.8. The van der Waals surface area contributed by atoms with Gasteiger partial charge >= 0.3 is 0 Å². The minimum Gasteiger partial charge on any atom is -0.481 e. The highest BCUT2D eigenvalue weighted by molar-refractivity contribution is 5.76. The predicted molar refractivity (Wildman–Crippen MR) is 74.5 cm³/mol. The first-order valence-corrected chi connectivity index (χ1v) is 6.85. The van der Waals surface area contributed by atoms with Gasteiger partial charge in [0, 0.05) is 44.4 Å². The van der Waals surface area contributed by atoms with Crippen LogP contribution in [0.5, 0.6) is 5.88 Å². The van der Waals surface area contributed by atoms with Crippen LogP contribution in [0, 0.1) is 0 Å².